The predicted molar refractivity (Wildman–Crippen MR) is 144 cm³/mol. The second-order valence-electron chi connectivity index (χ2n) is 10.3. The van der Waals surface area contributed by atoms with Crippen LogP contribution in [0.2, 0.25) is 0 Å². The fraction of sp³-hybridized carbons (Fsp3) is 0.562. The minimum Gasteiger partial charge on any atom is -0.424 e. The molecule has 0 unspecified atom stereocenters. The van der Waals surface area contributed by atoms with Gasteiger partial charge >= 0.3 is 5.97 Å². The maximum atomic E-state index is 13.6. The highest BCUT2D eigenvalue weighted by Crippen LogP contribution is 2.41. The number of esters is 1. The third-order valence-corrected chi connectivity index (χ3v) is 7.58. The van der Waals surface area contributed by atoms with Gasteiger partial charge < -0.3 is 4.74 Å². The average Bonchev–Trinajstić information content (AvgIpc) is 2.90. The van der Waals surface area contributed by atoms with Crippen molar-refractivity contribution < 1.29 is 9.53 Å². The SMILES string of the molecule is CCCCCCCCCc1ccc(C2(C(=O)Oc3ccc(CCC)cc3C#N)CCCCC2)cc1. The summed E-state index contributed by atoms with van der Waals surface area (Å²) in [5.74, 6) is 0.176. The largest absolute Gasteiger partial charge is 0.424 e. The molecule has 0 heterocycles. The molecular formula is C32H43NO2. The van der Waals surface area contributed by atoms with E-state index in [1.807, 2.05) is 12.1 Å². The van der Waals surface area contributed by atoms with E-state index in [-0.39, 0.29) is 5.97 Å². The highest BCUT2D eigenvalue weighted by molar-refractivity contribution is 5.85. The molecule has 0 aliphatic heterocycles. The van der Waals surface area contributed by atoms with Crippen LogP contribution < -0.4 is 4.74 Å². The van der Waals surface area contributed by atoms with Crippen LogP contribution in [0.4, 0.5) is 0 Å². The lowest BCUT2D eigenvalue weighted by atomic mass is 9.69. The molecule has 1 aliphatic carbocycles. The Morgan fingerprint density at radius 1 is 0.829 bits per heavy atom. The Labute approximate surface area is 212 Å². The van der Waals surface area contributed by atoms with E-state index < -0.39 is 5.41 Å². The predicted octanol–water partition coefficient (Wildman–Crippen LogP) is 8.61. The Kier molecular flexibility index (Phi) is 10.9. The number of rotatable bonds is 13. The van der Waals surface area contributed by atoms with Gasteiger partial charge in [0.1, 0.15) is 11.8 Å². The zero-order valence-corrected chi connectivity index (χ0v) is 21.9. The maximum Gasteiger partial charge on any atom is 0.321 e. The first kappa shape index (κ1) is 27.0. The van der Waals surface area contributed by atoms with Crippen molar-refractivity contribution in [1.82, 2.24) is 0 Å². The minimum absolute atomic E-state index is 0.211. The molecule has 1 fully saturated rings. The number of ether oxygens (including phenoxy) is 1. The Balaban J connectivity index is 1.68. The summed E-state index contributed by atoms with van der Waals surface area (Å²) in [6.45, 7) is 4.38. The van der Waals surface area contributed by atoms with Gasteiger partial charge in [-0.15, -0.1) is 0 Å². The van der Waals surface area contributed by atoms with Gasteiger partial charge in [-0.1, -0.05) is 108 Å². The van der Waals surface area contributed by atoms with Crippen molar-refractivity contribution in [3.63, 3.8) is 0 Å². The van der Waals surface area contributed by atoms with Gasteiger partial charge in [0.05, 0.1) is 11.0 Å². The molecular weight excluding hydrogens is 430 g/mol. The molecule has 1 saturated carbocycles. The Bertz CT molecular complexity index is 964. The van der Waals surface area contributed by atoms with Crippen LogP contribution in [-0.4, -0.2) is 5.97 Å². The number of carbonyl (C=O) groups excluding carboxylic acids is 1. The van der Waals surface area contributed by atoms with E-state index in [9.17, 15) is 10.1 Å². The quantitative estimate of drug-likeness (QED) is 0.166. The first-order valence-corrected chi connectivity index (χ1v) is 14.0. The number of nitrogens with zero attached hydrogens (tertiary/aromatic N) is 1. The minimum atomic E-state index is -0.620. The molecule has 1 aliphatic rings. The molecule has 3 rings (SSSR count). The van der Waals surface area contributed by atoms with Crippen molar-refractivity contribution in [1.29, 1.82) is 5.26 Å². The number of aryl methyl sites for hydroxylation is 2. The van der Waals surface area contributed by atoms with Crippen LogP contribution in [0.1, 0.15) is 120 Å². The van der Waals surface area contributed by atoms with Gasteiger partial charge in [-0.25, -0.2) is 0 Å². The van der Waals surface area contributed by atoms with Crippen LogP contribution in [-0.2, 0) is 23.1 Å². The number of carbonyl (C=O) groups is 1. The van der Waals surface area contributed by atoms with Crippen LogP contribution in [0.3, 0.4) is 0 Å². The molecule has 2 aromatic rings. The average molecular weight is 474 g/mol. The Morgan fingerprint density at radius 2 is 1.49 bits per heavy atom. The Hall–Kier alpha value is -2.60. The number of hydrogen-bond donors (Lipinski definition) is 0. The van der Waals surface area contributed by atoms with E-state index in [1.165, 1.54) is 50.5 Å². The molecule has 0 aromatic heterocycles. The van der Waals surface area contributed by atoms with E-state index in [0.29, 0.717) is 11.3 Å². The summed E-state index contributed by atoms with van der Waals surface area (Å²) in [7, 11) is 0. The molecule has 0 atom stereocenters. The standard InChI is InChI=1S/C32H43NO2/c1-3-5-6-7-8-9-11-15-26-16-19-29(20-17-26)32(22-12-10-13-23-32)31(34)35-30-21-18-27(14-4-2)24-28(30)25-33/h16-21,24H,3-15,22-23H2,1-2H3. The molecule has 188 valence electrons. The second kappa shape index (κ2) is 14.1. The molecule has 0 radical (unpaired) electrons. The smallest absolute Gasteiger partial charge is 0.321 e. The second-order valence-corrected chi connectivity index (χ2v) is 10.3. The zero-order chi connectivity index (χ0) is 24.9. The summed E-state index contributed by atoms with van der Waals surface area (Å²) in [5.41, 5.74) is 3.34. The lowest BCUT2D eigenvalue weighted by Crippen LogP contribution is -2.41. The highest BCUT2D eigenvalue weighted by atomic mass is 16.5. The van der Waals surface area contributed by atoms with Gasteiger partial charge in [-0.2, -0.15) is 5.26 Å². The maximum absolute atomic E-state index is 13.6. The molecule has 35 heavy (non-hydrogen) atoms. The number of unbranched alkanes of at least 4 members (excludes halogenated alkanes) is 6. The van der Waals surface area contributed by atoms with E-state index >= 15 is 0 Å². The van der Waals surface area contributed by atoms with E-state index in [0.717, 1.165) is 62.5 Å². The summed E-state index contributed by atoms with van der Waals surface area (Å²) >= 11 is 0. The summed E-state index contributed by atoms with van der Waals surface area (Å²) in [4.78, 5) is 13.6. The van der Waals surface area contributed by atoms with Crippen LogP contribution in [0.25, 0.3) is 0 Å². The zero-order valence-electron chi connectivity index (χ0n) is 21.9. The molecule has 3 nitrogen and oxygen atoms in total. The van der Waals surface area contributed by atoms with Gasteiger partial charge in [-0.05, 0) is 60.9 Å². The molecule has 3 heteroatoms. The monoisotopic (exact) mass is 473 g/mol. The third kappa shape index (κ3) is 7.44. The first-order valence-electron chi connectivity index (χ1n) is 14.0. The summed E-state index contributed by atoms with van der Waals surface area (Å²) < 4.78 is 5.96. The van der Waals surface area contributed by atoms with Crippen LogP contribution >= 0.6 is 0 Å². The highest BCUT2D eigenvalue weighted by Gasteiger charge is 2.43. The van der Waals surface area contributed by atoms with Crippen molar-refractivity contribution in [2.45, 2.75) is 116 Å². The van der Waals surface area contributed by atoms with Gasteiger partial charge in [0.2, 0.25) is 0 Å². The van der Waals surface area contributed by atoms with Gasteiger partial charge in [0, 0.05) is 0 Å². The van der Waals surface area contributed by atoms with E-state index in [4.69, 9.17) is 4.74 Å². The van der Waals surface area contributed by atoms with Crippen LogP contribution in [0, 0.1) is 11.3 Å². The van der Waals surface area contributed by atoms with Gasteiger partial charge in [-0.3, -0.25) is 4.79 Å². The summed E-state index contributed by atoms with van der Waals surface area (Å²) in [5, 5.41) is 9.65. The summed E-state index contributed by atoms with van der Waals surface area (Å²) in [6, 6.07) is 16.6. The normalized spacial score (nSPS) is 14.9. The van der Waals surface area contributed by atoms with Gasteiger partial charge in [0.15, 0.2) is 0 Å². The lowest BCUT2D eigenvalue weighted by molar-refractivity contribution is -0.142. The topological polar surface area (TPSA) is 50.1 Å². The third-order valence-electron chi connectivity index (χ3n) is 7.58. The number of hydrogen-bond acceptors (Lipinski definition) is 3. The van der Waals surface area contributed by atoms with E-state index in [2.05, 4.69) is 44.2 Å². The number of benzene rings is 2. The van der Waals surface area contributed by atoms with Crippen molar-refractivity contribution >= 4 is 5.97 Å². The fourth-order valence-electron chi connectivity index (χ4n) is 5.44. The molecule has 0 amide bonds. The van der Waals surface area contributed by atoms with Gasteiger partial charge in [0.25, 0.3) is 0 Å². The fourth-order valence-corrected chi connectivity index (χ4v) is 5.44. The molecule has 2 aromatic carbocycles. The number of nitriles is 1. The van der Waals surface area contributed by atoms with Crippen LogP contribution in [0.5, 0.6) is 5.75 Å². The molecule has 0 saturated heterocycles. The van der Waals surface area contributed by atoms with Crippen molar-refractivity contribution in [2.24, 2.45) is 0 Å². The summed E-state index contributed by atoms with van der Waals surface area (Å²) in [6.07, 6.45) is 17.1. The van der Waals surface area contributed by atoms with Crippen molar-refractivity contribution in [2.75, 3.05) is 0 Å². The molecule has 0 spiro atoms. The van der Waals surface area contributed by atoms with Crippen molar-refractivity contribution in [3.8, 4) is 11.8 Å². The first-order chi connectivity index (χ1) is 17.1. The van der Waals surface area contributed by atoms with E-state index in [1.54, 1.807) is 6.07 Å². The Morgan fingerprint density at radius 3 is 2.14 bits per heavy atom. The molecule has 0 N–H and O–H groups in total. The lowest BCUT2D eigenvalue weighted by Gasteiger charge is -2.35. The van der Waals surface area contributed by atoms with Crippen LogP contribution in [0.15, 0.2) is 42.5 Å². The molecule has 0 bridgehead atoms. The van der Waals surface area contributed by atoms with Crippen molar-refractivity contribution in [3.05, 3.63) is 64.7 Å².